The summed E-state index contributed by atoms with van der Waals surface area (Å²) in [5.74, 6) is -0.151. The summed E-state index contributed by atoms with van der Waals surface area (Å²) in [6, 6.07) is 4.96. The average Bonchev–Trinajstić information content (AvgIpc) is 3.26. The third-order valence-electron chi connectivity index (χ3n) is 6.24. The lowest BCUT2D eigenvalue weighted by Gasteiger charge is -2.35. The largest absolute Gasteiger partial charge is 0.416 e. The summed E-state index contributed by atoms with van der Waals surface area (Å²) >= 11 is 0. The first kappa shape index (κ1) is 27.1. The van der Waals surface area contributed by atoms with Gasteiger partial charge in [-0.3, -0.25) is 14.4 Å². The maximum Gasteiger partial charge on any atom is 0.416 e. The number of amides is 1. The average molecular weight is 498 g/mol. The van der Waals surface area contributed by atoms with E-state index >= 15 is 0 Å². The molecule has 2 aromatic rings. The van der Waals surface area contributed by atoms with Gasteiger partial charge in [-0.05, 0) is 32.0 Å². The molecule has 1 amide bonds. The van der Waals surface area contributed by atoms with E-state index in [2.05, 4.69) is 10.3 Å². The van der Waals surface area contributed by atoms with Gasteiger partial charge in [-0.15, -0.1) is 5.10 Å². The van der Waals surface area contributed by atoms with Crippen LogP contribution in [0, 0.1) is 5.92 Å². The van der Waals surface area contributed by atoms with Crippen LogP contribution in [0.5, 0.6) is 0 Å². The maximum atomic E-state index is 13.1. The number of carbonyl (C=O) groups is 1. The van der Waals surface area contributed by atoms with Crippen molar-refractivity contribution in [2.75, 3.05) is 26.7 Å². The Kier molecular flexibility index (Phi) is 9.26. The Bertz CT molecular complexity index is 968. The predicted molar refractivity (Wildman–Crippen MR) is 123 cm³/mol. The number of rotatable bonds is 6. The first-order chi connectivity index (χ1) is 16.6. The zero-order chi connectivity index (χ0) is 25.6. The quantitative estimate of drug-likeness (QED) is 0.661. The molecular weight excluding hydrogens is 463 g/mol. The van der Waals surface area contributed by atoms with Crippen molar-refractivity contribution in [2.24, 2.45) is 5.92 Å². The van der Waals surface area contributed by atoms with Gasteiger partial charge >= 0.3 is 6.18 Å². The molecule has 1 aromatic carbocycles. The van der Waals surface area contributed by atoms with E-state index in [0.29, 0.717) is 50.3 Å². The highest BCUT2D eigenvalue weighted by atomic mass is 19.4. The van der Waals surface area contributed by atoms with Crippen LogP contribution in [-0.4, -0.2) is 74.7 Å². The first-order valence-electron chi connectivity index (χ1n) is 11.8. The van der Waals surface area contributed by atoms with E-state index in [1.807, 2.05) is 25.8 Å². The molecule has 3 rings (SSSR count). The molecule has 0 spiro atoms. The monoisotopic (exact) mass is 497 g/mol. The molecule has 0 radical (unpaired) electrons. The number of aliphatic hydroxyl groups excluding tert-OH is 1. The number of aromatic nitrogens is 3. The van der Waals surface area contributed by atoms with Gasteiger partial charge in [0.2, 0.25) is 5.91 Å². The third-order valence-corrected chi connectivity index (χ3v) is 6.24. The van der Waals surface area contributed by atoms with Gasteiger partial charge in [-0.25, -0.2) is 0 Å². The minimum absolute atomic E-state index is 0.0472. The number of fused-ring (bicyclic) bond motifs is 2. The van der Waals surface area contributed by atoms with Gasteiger partial charge in [-0.2, -0.15) is 13.2 Å². The van der Waals surface area contributed by atoms with Crippen molar-refractivity contribution < 1.29 is 27.8 Å². The molecule has 0 saturated heterocycles. The molecule has 1 aliphatic rings. The number of halogens is 3. The van der Waals surface area contributed by atoms with E-state index < -0.39 is 11.7 Å². The first-order valence-corrected chi connectivity index (χ1v) is 11.8. The smallest absolute Gasteiger partial charge is 0.394 e. The summed E-state index contributed by atoms with van der Waals surface area (Å²) in [5, 5.41) is 17.9. The predicted octanol–water partition coefficient (Wildman–Crippen LogP) is 2.95. The topological polar surface area (TPSA) is 83.7 Å². The van der Waals surface area contributed by atoms with Crippen LogP contribution in [0.15, 0.2) is 30.5 Å². The number of alkyl halides is 3. The fraction of sp³-hybridized carbons (Fsp3) is 0.625. The summed E-state index contributed by atoms with van der Waals surface area (Å²) in [6.07, 6.45) is -2.00. The minimum atomic E-state index is -4.39. The Morgan fingerprint density at radius 2 is 2.11 bits per heavy atom. The highest BCUT2D eigenvalue weighted by Crippen LogP contribution is 2.29. The summed E-state index contributed by atoms with van der Waals surface area (Å²) in [4.78, 5) is 16.5. The van der Waals surface area contributed by atoms with Crippen molar-refractivity contribution in [3.05, 3.63) is 47.3 Å². The SMILES string of the molecule is C[C@H](CO)N1C[C@H](C)[C@H](CN(C)Cc2cccc(C(F)(F)F)c2)OCc2cn(nn2)CCCC1=O. The van der Waals surface area contributed by atoms with Crippen molar-refractivity contribution in [2.45, 2.75) is 64.7 Å². The fourth-order valence-electron chi connectivity index (χ4n) is 4.22. The molecule has 1 N–H and O–H groups in total. The number of ether oxygens (including phenoxy) is 1. The Labute approximate surface area is 203 Å². The maximum absolute atomic E-state index is 13.1. The number of hydrogen-bond donors (Lipinski definition) is 1. The second-order valence-electron chi connectivity index (χ2n) is 9.38. The summed E-state index contributed by atoms with van der Waals surface area (Å²) < 4.78 is 47.2. The molecule has 1 aromatic heterocycles. The number of aryl methyl sites for hydroxylation is 1. The Hall–Kier alpha value is -2.50. The zero-order valence-electron chi connectivity index (χ0n) is 20.4. The van der Waals surface area contributed by atoms with Crippen molar-refractivity contribution in [3.8, 4) is 0 Å². The van der Waals surface area contributed by atoms with E-state index in [1.54, 1.807) is 21.8 Å². The van der Waals surface area contributed by atoms with Crippen molar-refractivity contribution in [3.63, 3.8) is 0 Å². The number of carbonyl (C=O) groups excluding carboxylic acids is 1. The molecule has 0 aliphatic carbocycles. The van der Waals surface area contributed by atoms with E-state index in [9.17, 15) is 23.1 Å². The third kappa shape index (κ3) is 7.74. The molecule has 0 unspecified atom stereocenters. The van der Waals surface area contributed by atoms with Crippen LogP contribution in [0.4, 0.5) is 13.2 Å². The molecule has 194 valence electrons. The summed E-state index contributed by atoms with van der Waals surface area (Å²) in [7, 11) is 1.83. The standard InChI is InChI=1S/C24H34F3N5O3/c1-17-11-32(18(2)15-33)23(34)8-5-9-31-13-21(28-29-31)16-35-22(17)14-30(3)12-19-6-4-7-20(10-19)24(25,26)27/h4,6-7,10,13,17-18,22,33H,5,8-9,11-12,14-16H2,1-3H3/t17-,18+,22-/m0/s1. The van der Waals surface area contributed by atoms with E-state index in [1.165, 1.54) is 6.07 Å². The van der Waals surface area contributed by atoms with Gasteiger partial charge in [0.25, 0.3) is 0 Å². The summed E-state index contributed by atoms with van der Waals surface area (Å²) in [5.41, 5.74) is 0.549. The van der Waals surface area contributed by atoms with Crippen molar-refractivity contribution >= 4 is 5.91 Å². The number of aliphatic hydroxyl groups is 1. The summed E-state index contributed by atoms with van der Waals surface area (Å²) in [6.45, 7) is 5.56. The molecule has 8 nitrogen and oxygen atoms in total. The van der Waals surface area contributed by atoms with Crippen LogP contribution in [0.3, 0.4) is 0 Å². The van der Waals surface area contributed by atoms with Crippen LogP contribution in [0.2, 0.25) is 0 Å². The van der Waals surface area contributed by atoms with E-state index in [-0.39, 0.29) is 37.2 Å². The lowest BCUT2D eigenvalue weighted by Crippen LogP contribution is -2.47. The lowest BCUT2D eigenvalue weighted by molar-refractivity contribution is -0.138. The van der Waals surface area contributed by atoms with Crippen LogP contribution < -0.4 is 0 Å². The van der Waals surface area contributed by atoms with Gasteiger partial charge in [-0.1, -0.05) is 30.3 Å². The van der Waals surface area contributed by atoms with Crippen LogP contribution in [-0.2, 0) is 35.4 Å². The van der Waals surface area contributed by atoms with Crippen molar-refractivity contribution in [1.82, 2.24) is 24.8 Å². The second-order valence-corrected chi connectivity index (χ2v) is 9.38. The van der Waals surface area contributed by atoms with Crippen molar-refractivity contribution in [1.29, 1.82) is 0 Å². The zero-order valence-corrected chi connectivity index (χ0v) is 20.4. The molecule has 3 atom stereocenters. The molecular formula is C24H34F3N5O3. The van der Waals surface area contributed by atoms with Crippen LogP contribution in [0.1, 0.15) is 43.5 Å². The highest BCUT2D eigenvalue weighted by molar-refractivity contribution is 5.76. The fourth-order valence-corrected chi connectivity index (χ4v) is 4.22. The van der Waals surface area contributed by atoms with Gasteiger partial charge in [0.05, 0.1) is 37.1 Å². The van der Waals surface area contributed by atoms with Gasteiger partial charge < -0.3 is 14.7 Å². The molecule has 11 heteroatoms. The highest BCUT2D eigenvalue weighted by Gasteiger charge is 2.31. The minimum Gasteiger partial charge on any atom is -0.394 e. The van der Waals surface area contributed by atoms with Crippen LogP contribution in [0.25, 0.3) is 0 Å². The van der Waals surface area contributed by atoms with Gasteiger partial charge in [0, 0.05) is 38.5 Å². The Balaban J connectivity index is 1.76. The number of hydrogen-bond acceptors (Lipinski definition) is 6. The van der Waals surface area contributed by atoms with Gasteiger partial charge in [0.15, 0.2) is 0 Å². The molecule has 2 heterocycles. The second kappa shape index (κ2) is 12.0. The normalized spacial score (nSPS) is 21.4. The lowest BCUT2D eigenvalue weighted by atomic mass is 10.0. The molecule has 2 bridgehead atoms. The molecule has 0 saturated carbocycles. The molecule has 1 aliphatic heterocycles. The Morgan fingerprint density at radius 1 is 1.34 bits per heavy atom. The number of likely N-dealkylation sites (N-methyl/N-ethyl adjacent to an activating group) is 1. The molecule has 0 fully saturated rings. The van der Waals surface area contributed by atoms with E-state index in [4.69, 9.17) is 4.74 Å². The van der Waals surface area contributed by atoms with E-state index in [0.717, 1.165) is 12.1 Å². The van der Waals surface area contributed by atoms with Crippen LogP contribution >= 0.6 is 0 Å². The van der Waals surface area contributed by atoms with Gasteiger partial charge in [0.1, 0.15) is 5.69 Å². The Morgan fingerprint density at radius 3 is 2.83 bits per heavy atom. The number of nitrogens with zero attached hydrogens (tertiary/aromatic N) is 5. The molecule has 35 heavy (non-hydrogen) atoms. The number of benzene rings is 1.